The molecule has 1 aliphatic rings. The topological polar surface area (TPSA) is 49.3 Å². The maximum absolute atomic E-state index is 10.6. The quantitative estimate of drug-likeness (QED) is 0.736. The van der Waals surface area contributed by atoms with Crippen LogP contribution in [-0.2, 0) is 4.79 Å². The standard InChI is InChI=1S/C12H23NO2/c1-2-10(5-6-12(14)15)11-4-3-8-13-9-7-11/h10-11,13H,2-9H2,1H3,(H,14,15). The van der Waals surface area contributed by atoms with E-state index in [0.717, 1.165) is 31.8 Å². The number of carbonyl (C=O) groups is 1. The van der Waals surface area contributed by atoms with Gasteiger partial charge in [-0.3, -0.25) is 4.79 Å². The van der Waals surface area contributed by atoms with E-state index in [2.05, 4.69) is 12.2 Å². The first-order valence-electron chi connectivity index (χ1n) is 6.16. The Morgan fingerprint density at radius 1 is 1.47 bits per heavy atom. The molecule has 0 bridgehead atoms. The van der Waals surface area contributed by atoms with Gasteiger partial charge in [0.15, 0.2) is 0 Å². The minimum atomic E-state index is -0.653. The molecule has 3 nitrogen and oxygen atoms in total. The molecule has 2 N–H and O–H groups in total. The lowest BCUT2D eigenvalue weighted by atomic mass is 9.82. The van der Waals surface area contributed by atoms with E-state index in [9.17, 15) is 4.79 Å². The minimum absolute atomic E-state index is 0.336. The average molecular weight is 213 g/mol. The number of hydrogen-bond donors (Lipinski definition) is 2. The Morgan fingerprint density at radius 3 is 2.93 bits per heavy atom. The molecule has 0 radical (unpaired) electrons. The highest BCUT2D eigenvalue weighted by Crippen LogP contribution is 2.29. The van der Waals surface area contributed by atoms with Crippen LogP contribution in [0.25, 0.3) is 0 Å². The lowest BCUT2D eigenvalue weighted by Crippen LogP contribution is -2.18. The second-order valence-corrected chi connectivity index (χ2v) is 4.54. The van der Waals surface area contributed by atoms with Crippen molar-refractivity contribution in [1.29, 1.82) is 0 Å². The Balaban J connectivity index is 2.37. The molecule has 2 unspecified atom stereocenters. The van der Waals surface area contributed by atoms with Crippen LogP contribution in [-0.4, -0.2) is 24.2 Å². The predicted octanol–water partition coefficient (Wildman–Crippen LogP) is 2.27. The second kappa shape index (κ2) is 6.83. The van der Waals surface area contributed by atoms with Crippen molar-refractivity contribution in [3.8, 4) is 0 Å². The molecule has 1 rings (SSSR count). The van der Waals surface area contributed by atoms with Gasteiger partial charge in [0.05, 0.1) is 0 Å². The summed E-state index contributed by atoms with van der Waals surface area (Å²) in [6.45, 7) is 4.42. The summed E-state index contributed by atoms with van der Waals surface area (Å²) in [4.78, 5) is 10.6. The highest BCUT2D eigenvalue weighted by molar-refractivity contribution is 5.66. The number of carboxylic acids is 1. The first kappa shape index (κ1) is 12.5. The smallest absolute Gasteiger partial charge is 0.303 e. The van der Waals surface area contributed by atoms with Crippen LogP contribution < -0.4 is 5.32 Å². The van der Waals surface area contributed by atoms with Gasteiger partial charge in [-0.15, -0.1) is 0 Å². The number of nitrogens with one attached hydrogen (secondary N) is 1. The van der Waals surface area contributed by atoms with E-state index in [1.807, 2.05) is 0 Å². The molecule has 1 aliphatic heterocycles. The Morgan fingerprint density at radius 2 is 2.27 bits per heavy atom. The fourth-order valence-electron chi connectivity index (χ4n) is 2.60. The number of carboxylic acid groups (broad SMARTS) is 1. The maximum Gasteiger partial charge on any atom is 0.303 e. The third kappa shape index (κ3) is 4.65. The van der Waals surface area contributed by atoms with Gasteiger partial charge < -0.3 is 10.4 Å². The van der Waals surface area contributed by atoms with Crippen LogP contribution >= 0.6 is 0 Å². The number of rotatable bonds is 5. The third-order valence-electron chi connectivity index (χ3n) is 3.54. The maximum atomic E-state index is 10.6. The molecule has 15 heavy (non-hydrogen) atoms. The molecule has 0 saturated carbocycles. The van der Waals surface area contributed by atoms with E-state index in [1.165, 1.54) is 19.3 Å². The first-order chi connectivity index (χ1) is 7.24. The SMILES string of the molecule is CCC(CCC(=O)O)C1CCCNCC1. The van der Waals surface area contributed by atoms with Gasteiger partial charge in [-0.25, -0.2) is 0 Å². The largest absolute Gasteiger partial charge is 0.481 e. The lowest BCUT2D eigenvalue weighted by Gasteiger charge is -2.24. The Labute approximate surface area is 92.3 Å². The van der Waals surface area contributed by atoms with Gasteiger partial charge in [-0.05, 0) is 50.6 Å². The van der Waals surface area contributed by atoms with Crippen LogP contribution in [0.3, 0.4) is 0 Å². The fourth-order valence-corrected chi connectivity index (χ4v) is 2.60. The molecule has 3 heteroatoms. The number of aliphatic carboxylic acids is 1. The molecule has 2 atom stereocenters. The highest BCUT2D eigenvalue weighted by atomic mass is 16.4. The van der Waals surface area contributed by atoms with Gasteiger partial charge in [0.1, 0.15) is 0 Å². The van der Waals surface area contributed by atoms with Crippen LogP contribution in [0, 0.1) is 11.8 Å². The molecular formula is C12H23NO2. The second-order valence-electron chi connectivity index (χ2n) is 4.54. The van der Waals surface area contributed by atoms with E-state index in [0.29, 0.717) is 12.3 Å². The molecule has 1 fully saturated rings. The normalized spacial score (nSPS) is 24.5. The number of hydrogen-bond acceptors (Lipinski definition) is 2. The summed E-state index contributed by atoms with van der Waals surface area (Å²) in [5.74, 6) is 0.700. The first-order valence-corrected chi connectivity index (χ1v) is 6.16. The van der Waals surface area contributed by atoms with Crippen molar-refractivity contribution in [3.63, 3.8) is 0 Å². The van der Waals surface area contributed by atoms with Crippen LogP contribution in [0.5, 0.6) is 0 Å². The summed E-state index contributed by atoms with van der Waals surface area (Å²) in [6.07, 6.45) is 6.05. The van der Waals surface area contributed by atoms with Crippen LogP contribution in [0.15, 0.2) is 0 Å². The Kier molecular flexibility index (Phi) is 5.69. The van der Waals surface area contributed by atoms with Gasteiger partial charge in [-0.1, -0.05) is 13.3 Å². The van der Waals surface area contributed by atoms with Gasteiger partial charge in [-0.2, -0.15) is 0 Å². The Hall–Kier alpha value is -0.570. The third-order valence-corrected chi connectivity index (χ3v) is 3.54. The molecule has 88 valence electrons. The van der Waals surface area contributed by atoms with Crippen molar-refractivity contribution < 1.29 is 9.90 Å². The van der Waals surface area contributed by atoms with Crippen molar-refractivity contribution in [2.24, 2.45) is 11.8 Å². The van der Waals surface area contributed by atoms with Crippen molar-refractivity contribution in [1.82, 2.24) is 5.32 Å². The van der Waals surface area contributed by atoms with Gasteiger partial charge in [0, 0.05) is 6.42 Å². The van der Waals surface area contributed by atoms with Crippen molar-refractivity contribution in [2.75, 3.05) is 13.1 Å². The molecule has 0 aromatic carbocycles. The van der Waals surface area contributed by atoms with Crippen molar-refractivity contribution in [3.05, 3.63) is 0 Å². The Bertz CT molecular complexity index is 186. The summed E-state index contributed by atoms with van der Waals surface area (Å²) >= 11 is 0. The molecule has 1 saturated heterocycles. The van der Waals surface area contributed by atoms with Crippen molar-refractivity contribution >= 4 is 5.97 Å². The van der Waals surface area contributed by atoms with E-state index >= 15 is 0 Å². The predicted molar refractivity (Wildman–Crippen MR) is 60.9 cm³/mol. The van der Waals surface area contributed by atoms with Crippen LogP contribution in [0.2, 0.25) is 0 Å². The summed E-state index contributed by atoms with van der Waals surface area (Å²) < 4.78 is 0. The van der Waals surface area contributed by atoms with Crippen LogP contribution in [0.4, 0.5) is 0 Å². The van der Waals surface area contributed by atoms with E-state index < -0.39 is 5.97 Å². The summed E-state index contributed by atoms with van der Waals surface area (Å²) in [5.41, 5.74) is 0. The molecule has 0 spiro atoms. The monoisotopic (exact) mass is 213 g/mol. The van der Waals surface area contributed by atoms with Gasteiger partial charge >= 0.3 is 5.97 Å². The zero-order chi connectivity index (χ0) is 11.1. The molecular weight excluding hydrogens is 190 g/mol. The zero-order valence-corrected chi connectivity index (χ0v) is 9.67. The van der Waals surface area contributed by atoms with Gasteiger partial charge in [0.2, 0.25) is 0 Å². The van der Waals surface area contributed by atoms with E-state index in [-0.39, 0.29) is 0 Å². The van der Waals surface area contributed by atoms with E-state index in [4.69, 9.17) is 5.11 Å². The van der Waals surface area contributed by atoms with Crippen molar-refractivity contribution in [2.45, 2.75) is 45.4 Å². The lowest BCUT2D eigenvalue weighted by molar-refractivity contribution is -0.137. The zero-order valence-electron chi connectivity index (χ0n) is 9.67. The van der Waals surface area contributed by atoms with E-state index in [1.54, 1.807) is 0 Å². The van der Waals surface area contributed by atoms with Gasteiger partial charge in [0.25, 0.3) is 0 Å². The molecule has 1 heterocycles. The summed E-state index contributed by atoms with van der Waals surface area (Å²) in [7, 11) is 0. The van der Waals surface area contributed by atoms with Crippen LogP contribution in [0.1, 0.15) is 45.4 Å². The fraction of sp³-hybridized carbons (Fsp3) is 0.917. The molecule has 0 amide bonds. The molecule has 0 aliphatic carbocycles. The summed E-state index contributed by atoms with van der Waals surface area (Å²) in [6, 6.07) is 0. The molecule has 0 aromatic rings. The molecule has 0 aromatic heterocycles. The minimum Gasteiger partial charge on any atom is -0.481 e. The summed E-state index contributed by atoms with van der Waals surface area (Å²) in [5, 5.41) is 12.1. The average Bonchev–Trinajstić information content (AvgIpc) is 2.47. The highest BCUT2D eigenvalue weighted by Gasteiger charge is 2.21.